The molecule has 3 nitrogen and oxygen atoms in total. The highest BCUT2D eigenvalue weighted by Gasteiger charge is 2.33. The lowest BCUT2D eigenvalue weighted by molar-refractivity contribution is -0.130. The van der Waals surface area contributed by atoms with Gasteiger partial charge in [0, 0.05) is 24.8 Å². The Kier molecular flexibility index (Phi) is 3.37. The van der Waals surface area contributed by atoms with Gasteiger partial charge < -0.3 is 4.90 Å². The van der Waals surface area contributed by atoms with E-state index < -0.39 is 0 Å². The van der Waals surface area contributed by atoms with Crippen LogP contribution in [0.3, 0.4) is 0 Å². The van der Waals surface area contributed by atoms with Crippen LogP contribution in [0, 0.1) is 11.8 Å². The van der Waals surface area contributed by atoms with Gasteiger partial charge in [-0.1, -0.05) is 26.1 Å². The molecule has 1 aliphatic heterocycles. The number of ketones is 1. The average molecular weight is 213 g/mol. The van der Waals surface area contributed by atoms with Crippen molar-refractivity contribution in [3.63, 3.8) is 0 Å². The molecule has 0 radical (unpaired) electrons. The average Bonchev–Trinajstić information content (AvgIpc) is 2.46. The van der Waals surface area contributed by atoms with Crippen LogP contribution in [-0.2, 0) is 9.59 Å². The Morgan fingerprint density at radius 1 is 1.50 bits per heavy atom. The topological polar surface area (TPSA) is 37.4 Å². The van der Waals surface area contributed by atoms with Gasteiger partial charge in [0.05, 0.1) is 4.99 Å². The summed E-state index contributed by atoms with van der Waals surface area (Å²) >= 11 is 5.09. The molecule has 0 aromatic rings. The molecule has 0 N–H and O–H groups in total. The number of hydrogen-bond donors (Lipinski definition) is 0. The summed E-state index contributed by atoms with van der Waals surface area (Å²) in [5, 5.41) is 0. The highest BCUT2D eigenvalue weighted by molar-refractivity contribution is 7.80. The normalized spacial score (nSPS) is 21.9. The van der Waals surface area contributed by atoms with Gasteiger partial charge in [0.25, 0.3) is 0 Å². The standard InChI is InChI=1S/C10H15NO2S/c1-6(2)10(13)11-5-8(7(3)12)4-9(11)14/h6,8H,4-5H2,1-3H3/t8-/m0/s1. The first-order valence-corrected chi connectivity index (χ1v) is 5.19. The lowest BCUT2D eigenvalue weighted by atomic mass is 10.1. The summed E-state index contributed by atoms with van der Waals surface area (Å²) in [5.74, 6) is 0.00835. The van der Waals surface area contributed by atoms with Crippen LogP contribution < -0.4 is 0 Å². The Morgan fingerprint density at radius 3 is 2.43 bits per heavy atom. The zero-order valence-electron chi connectivity index (χ0n) is 8.74. The molecule has 1 saturated heterocycles. The van der Waals surface area contributed by atoms with Crippen molar-refractivity contribution in [1.82, 2.24) is 4.90 Å². The first-order valence-electron chi connectivity index (χ1n) is 4.78. The Labute approximate surface area is 89.5 Å². The lowest BCUT2D eigenvalue weighted by Gasteiger charge is -2.18. The second-order valence-electron chi connectivity index (χ2n) is 4.01. The quantitative estimate of drug-likeness (QED) is 0.651. The van der Waals surface area contributed by atoms with Crippen LogP contribution in [0.4, 0.5) is 0 Å². The Bertz CT molecular complexity index is 286. The second kappa shape index (κ2) is 4.17. The van der Waals surface area contributed by atoms with Crippen LogP contribution in [0.15, 0.2) is 0 Å². The summed E-state index contributed by atoms with van der Waals surface area (Å²) in [6.45, 7) is 5.71. The van der Waals surface area contributed by atoms with E-state index >= 15 is 0 Å². The number of amides is 1. The van der Waals surface area contributed by atoms with E-state index in [0.717, 1.165) is 0 Å². The second-order valence-corrected chi connectivity index (χ2v) is 4.48. The highest BCUT2D eigenvalue weighted by atomic mass is 32.1. The van der Waals surface area contributed by atoms with Crippen LogP contribution in [0.25, 0.3) is 0 Å². The summed E-state index contributed by atoms with van der Waals surface area (Å²) in [6.07, 6.45) is 0.559. The number of likely N-dealkylation sites (tertiary alicyclic amines) is 1. The van der Waals surface area contributed by atoms with Gasteiger partial charge in [0.1, 0.15) is 5.78 Å². The third kappa shape index (κ3) is 2.18. The van der Waals surface area contributed by atoms with Gasteiger partial charge in [-0.3, -0.25) is 9.59 Å². The molecule has 0 aliphatic carbocycles. The van der Waals surface area contributed by atoms with E-state index in [1.165, 1.54) is 0 Å². The van der Waals surface area contributed by atoms with Crippen LogP contribution in [0.1, 0.15) is 27.2 Å². The fourth-order valence-corrected chi connectivity index (χ4v) is 1.87. The smallest absolute Gasteiger partial charge is 0.229 e. The van der Waals surface area contributed by atoms with Gasteiger partial charge in [-0.25, -0.2) is 0 Å². The zero-order chi connectivity index (χ0) is 10.9. The first kappa shape index (κ1) is 11.3. The van der Waals surface area contributed by atoms with Gasteiger partial charge in [-0.05, 0) is 6.92 Å². The SMILES string of the molecule is CC(=O)[C@H]1CC(=S)N(C(=O)C(C)C)C1. The number of rotatable bonds is 2. The van der Waals surface area contributed by atoms with E-state index in [-0.39, 0.29) is 23.5 Å². The molecule has 1 amide bonds. The predicted octanol–water partition coefficient (Wildman–Crippen LogP) is 1.41. The molecule has 1 fully saturated rings. The van der Waals surface area contributed by atoms with E-state index in [2.05, 4.69) is 0 Å². The van der Waals surface area contributed by atoms with Crippen LogP contribution in [0.5, 0.6) is 0 Å². The Morgan fingerprint density at radius 2 is 2.07 bits per heavy atom. The molecule has 1 aliphatic rings. The van der Waals surface area contributed by atoms with Crippen molar-refractivity contribution in [2.75, 3.05) is 6.54 Å². The number of carbonyl (C=O) groups excluding carboxylic acids is 2. The maximum absolute atomic E-state index is 11.7. The summed E-state index contributed by atoms with van der Waals surface area (Å²) < 4.78 is 0. The number of carbonyl (C=O) groups is 2. The minimum absolute atomic E-state index is 0.0266. The summed E-state index contributed by atoms with van der Waals surface area (Å²) in [5.41, 5.74) is 0. The number of Topliss-reactive ketones (excluding diaryl/α,β-unsaturated/α-hetero) is 1. The molecule has 0 aromatic carbocycles. The minimum Gasteiger partial charge on any atom is -0.306 e. The Hall–Kier alpha value is -0.770. The van der Waals surface area contributed by atoms with Gasteiger partial charge in [0.2, 0.25) is 5.91 Å². The van der Waals surface area contributed by atoms with E-state index in [1.54, 1.807) is 11.8 Å². The van der Waals surface area contributed by atoms with Crippen molar-refractivity contribution in [3.8, 4) is 0 Å². The highest BCUT2D eigenvalue weighted by Crippen LogP contribution is 2.21. The van der Waals surface area contributed by atoms with Crippen molar-refractivity contribution in [2.24, 2.45) is 11.8 Å². The predicted molar refractivity (Wildman–Crippen MR) is 57.9 cm³/mol. The van der Waals surface area contributed by atoms with E-state index in [1.807, 2.05) is 13.8 Å². The van der Waals surface area contributed by atoms with Gasteiger partial charge in [-0.15, -0.1) is 0 Å². The molecule has 14 heavy (non-hydrogen) atoms. The Balaban J connectivity index is 2.70. The van der Waals surface area contributed by atoms with Crippen molar-refractivity contribution < 1.29 is 9.59 Å². The monoisotopic (exact) mass is 213 g/mol. The third-order valence-electron chi connectivity index (χ3n) is 2.46. The largest absolute Gasteiger partial charge is 0.306 e. The molecule has 4 heteroatoms. The van der Waals surface area contributed by atoms with Crippen molar-refractivity contribution in [2.45, 2.75) is 27.2 Å². The molecule has 0 aromatic heterocycles. The van der Waals surface area contributed by atoms with Crippen molar-refractivity contribution in [3.05, 3.63) is 0 Å². The fraction of sp³-hybridized carbons (Fsp3) is 0.700. The lowest BCUT2D eigenvalue weighted by Crippen LogP contribution is -2.35. The molecule has 0 unspecified atom stereocenters. The molecule has 0 saturated carbocycles. The molecule has 1 atom stereocenters. The van der Waals surface area contributed by atoms with E-state index in [0.29, 0.717) is 18.0 Å². The maximum Gasteiger partial charge on any atom is 0.229 e. The minimum atomic E-state index is -0.0785. The number of nitrogens with zero attached hydrogens (tertiary/aromatic N) is 1. The third-order valence-corrected chi connectivity index (χ3v) is 2.85. The molecule has 0 spiro atoms. The molecular weight excluding hydrogens is 198 g/mol. The fourth-order valence-electron chi connectivity index (χ4n) is 1.50. The van der Waals surface area contributed by atoms with E-state index in [4.69, 9.17) is 12.2 Å². The van der Waals surface area contributed by atoms with Gasteiger partial charge in [0.15, 0.2) is 0 Å². The summed E-state index contributed by atoms with van der Waals surface area (Å²) in [4.78, 5) is 25.0. The zero-order valence-corrected chi connectivity index (χ0v) is 9.56. The molecule has 78 valence electrons. The molecule has 0 bridgehead atoms. The van der Waals surface area contributed by atoms with Crippen molar-refractivity contribution in [1.29, 1.82) is 0 Å². The van der Waals surface area contributed by atoms with E-state index in [9.17, 15) is 9.59 Å². The summed E-state index contributed by atoms with van der Waals surface area (Å²) in [7, 11) is 0. The van der Waals surface area contributed by atoms with Gasteiger partial charge in [-0.2, -0.15) is 0 Å². The van der Waals surface area contributed by atoms with Crippen molar-refractivity contribution >= 4 is 28.9 Å². The van der Waals surface area contributed by atoms with Gasteiger partial charge >= 0.3 is 0 Å². The number of hydrogen-bond acceptors (Lipinski definition) is 3. The van der Waals surface area contributed by atoms with Crippen LogP contribution >= 0.6 is 12.2 Å². The van der Waals surface area contributed by atoms with Crippen LogP contribution in [0.2, 0.25) is 0 Å². The van der Waals surface area contributed by atoms with Crippen LogP contribution in [-0.4, -0.2) is 28.1 Å². The molecule has 1 rings (SSSR count). The molecule has 1 heterocycles. The summed E-state index contributed by atoms with van der Waals surface area (Å²) in [6, 6.07) is 0. The first-order chi connectivity index (χ1) is 6.43. The number of thiocarbonyl (C=S) groups is 1. The molecular formula is C10H15NO2S. The maximum atomic E-state index is 11.7.